The molecule has 0 heterocycles. The van der Waals surface area contributed by atoms with Crippen LogP contribution in [-0.4, -0.2) is 33.2 Å². The lowest BCUT2D eigenvalue weighted by Gasteiger charge is -2.10. The molecule has 24 heavy (non-hydrogen) atoms. The Hall–Kier alpha value is -2.05. The molecule has 0 aliphatic carbocycles. The SMILES string of the molecule is COc1ccc(CCNCC(=O)Nc2ccc(Br)cc2)cc1OC. The van der Waals surface area contributed by atoms with Crippen molar-refractivity contribution in [3.63, 3.8) is 0 Å². The molecule has 0 aliphatic rings. The fourth-order valence-corrected chi connectivity index (χ4v) is 2.47. The normalized spacial score (nSPS) is 10.3. The Morgan fingerprint density at radius 2 is 1.75 bits per heavy atom. The highest BCUT2D eigenvalue weighted by Gasteiger charge is 2.05. The fourth-order valence-electron chi connectivity index (χ4n) is 2.21. The van der Waals surface area contributed by atoms with Crippen LogP contribution in [-0.2, 0) is 11.2 Å². The van der Waals surface area contributed by atoms with Crippen LogP contribution in [0.2, 0.25) is 0 Å². The van der Waals surface area contributed by atoms with Crippen molar-refractivity contribution in [1.82, 2.24) is 5.32 Å². The smallest absolute Gasteiger partial charge is 0.238 e. The van der Waals surface area contributed by atoms with Crippen molar-refractivity contribution in [3.05, 3.63) is 52.5 Å². The van der Waals surface area contributed by atoms with Crippen LogP contribution in [0.4, 0.5) is 5.69 Å². The molecule has 0 aromatic heterocycles. The van der Waals surface area contributed by atoms with Crippen LogP contribution < -0.4 is 20.1 Å². The van der Waals surface area contributed by atoms with Crippen LogP contribution in [0.25, 0.3) is 0 Å². The fraction of sp³-hybridized carbons (Fsp3) is 0.278. The van der Waals surface area contributed by atoms with Gasteiger partial charge in [0.25, 0.3) is 0 Å². The molecule has 2 N–H and O–H groups in total. The molecule has 2 rings (SSSR count). The third kappa shape index (κ3) is 5.54. The van der Waals surface area contributed by atoms with E-state index in [1.165, 1.54) is 0 Å². The maximum atomic E-state index is 11.9. The number of carbonyl (C=O) groups is 1. The van der Waals surface area contributed by atoms with E-state index in [9.17, 15) is 4.79 Å². The summed E-state index contributed by atoms with van der Waals surface area (Å²) in [4.78, 5) is 11.9. The average molecular weight is 393 g/mol. The number of anilines is 1. The van der Waals surface area contributed by atoms with E-state index in [-0.39, 0.29) is 12.5 Å². The van der Waals surface area contributed by atoms with Gasteiger partial charge in [-0.05, 0) is 54.9 Å². The lowest BCUT2D eigenvalue weighted by molar-refractivity contribution is -0.115. The monoisotopic (exact) mass is 392 g/mol. The van der Waals surface area contributed by atoms with Crippen molar-refractivity contribution in [2.24, 2.45) is 0 Å². The first-order valence-electron chi connectivity index (χ1n) is 7.59. The van der Waals surface area contributed by atoms with Gasteiger partial charge in [-0.1, -0.05) is 22.0 Å². The molecule has 0 saturated carbocycles. The minimum absolute atomic E-state index is 0.0652. The summed E-state index contributed by atoms with van der Waals surface area (Å²) in [6.07, 6.45) is 0.798. The lowest BCUT2D eigenvalue weighted by Crippen LogP contribution is -2.29. The Labute approximate surface area is 150 Å². The van der Waals surface area contributed by atoms with Gasteiger partial charge in [-0.3, -0.25) is 4.79 Å². The van der Waals surface area contributed by atoms with E-state index >= 15 is 0 Å². The van der Waals surface area contributed by atoms with Crippen molar-refractivity contribution >= 4 is 27.5 Å². The molecule has 0 unspecified atom stereocenters. The number of methoxy groups -OCH3 is 2. The molecule has 5 nitrogen and oxygen atoms in total. The van der Waals surface area contributed by atoms with Crippen LogP contribution >= 0.6 is 15.9 Å². The molecular formula is C18H21BrN2O3. The van der Waals surface area contributed by atoms with Gasteiger partial charge in [-0.15, -0.1) is 0 Å². The number of hydrogen-bond acceptors (Lipinski definition) is 4. The quantitative estimate of drug-likeness (QED) is 0.677. The number of amides is 1. The number of nitrogens with one attached hydrogen (secondary N) is 2. The predicted molar refractivity (Wildman–Crippen MR) is 98.9 cm³/mol. The largest absolute Gasteiger partial charge is 0.493 e. The van der Waals surface area contributed by atoms with Gasteiger partial charge < -0.3 is 20.1 Å². The van der Waals surface area contributed by atoms with Crippen LogP contribution in [0, 0.1) is 0 Å². The van der Waals surface area contributed by atoms with Crippen molar-refractivity contribution < 1.29 is 14.3 Å². The summed E-state index contributed by atoms with van der Waals surface area (Å²) in [7, 11) is 3.23. The van der Waals surface area contributed by atoms with Gasteiger partial charge in [0.15, 0.2) is 11.5 Å². The lowest BCUT2D eigenvalue weighted by atomic mass is 10.1. The van der Waals surface area contributed by atoms with Gasteiger partial charge in [0, 0.05) is 10.2 Å². The third-order valence-corrected chi connectivity index (χ3v) is 3.98. The molecule has 1 amide bonds. The van der Waals surface area contributed by atoms with E-state index in [1.807, 2.05) is 42.5 Å². The highest BCUT2D eigenvalue weighted by molar-refractivity contribution is 9.10. The van der Waals surface area contributed by atoms with Crippen molar-refractivity contribution in [3.8, 4) is 11.5 Å². The summed E-state index contributed by atoms with van der Waals surface area (Å²) in [5.74, 6) is 1.36. The van der Waals surface area contributed by atoms with Gasteiger partial charge in [0.2, 0.25) is 5.91 Å². The molecule has 128 valence electrons. The maximum Gasteiger partial charge on any atom is 0.238 e. The van der Waals surface area contributed by atoms with Crippen LogP contribution in [0.3, 0.4) is 0 Å². The molecule has 2 aromatic rings. The molecule has 0 saturated heterocycles. The number of benzene rings is 2. The first kappa shape index (κ1) is 18.3. The highest BCUT2D eigenvalue weighted by Crippen LogP contribution is 2.27. The molecule has 0 radical (unpaired) electrons. The van der Waals surface area contributed by atoms with E-state index in [1.54, 1.807) is 14.2 Å². The predicted octanol–water partition coefficient (Wildman–Crippen LogP) is 3.24. The van der Waals surface area contributed by atoms with E-state index in [0.29, 0.717) is 18.0 Å². The summed E-state index contributed by atoms with van der Waals surface area (Å²) in [6, 6.07) is 13.3. The number of rotatable bonds is 8. The first-order valence-corrected chi connectivity index (χ1v) is 8.38. The van der Waals surface area contributed by atoms with Crippen molar-refractivity contribution in [2.45, 2.75) is 6.42 Å². The number of halogens is 1. The molecule has 0 spiro atoms. The molecule has 2 aromatic carbocycles. The Balaban J connectivity index is 1.74. The standard InChI is InChI=1S/C18H21BrN2O3/c1-23-16-8-3-13(11-17(16)24-2)9-10-20-12-18(22)21-15-6-4-14(19)5-7-15/h3-8,11,20H,9-10,12H2,1-2H3,(H,21,22). The summed E-state index contributed by atoms with van der Waals surface area (Å²) < 4.78 is 11.5. The van der Waals surface area contributed by atoms with Gasteiger partial charge in [0.05, 0.1) is 20.8 Å². The minimum Gasteiger partial charge on any atom is -0.493 e. The molecule has 0 fully saturated rings. The van der Waals surface area contributed by atoms with Gasteiger partial charge in [-0.2, -0.15) is 0 Å². The topological polar surface area (TPSA) is 59.6 Å². The van der Waals surface area contributed by atoms with Crippen LogP contribution in [0.1, 0.15) is 5.56 Å². The van der Waals surface area contributed by atoms with Crippen molar-refractivity contribution in [2.75, 3.05) is 32.6 Å². The zero-order valence-electron chi connectivity index (χ0n) is 13.8. The second-order valence-corrected chi connectivity index (χ2v) is 6.09. The Kier molecular flexibility index (Phi) is 7.08. The zero-order valence-corrected chi connectivity index (χ0v) is 15.4. The summed E-state index contributed by atoms with van der Waals surface area (Å²) >= 11 is 3.36. The summed E-state index contributed by atoms with van der Waals surface area (Å²) in [6.45, 7) is 0.965. The number of hydrogen-bond donors (Lipinski definition) is 2. The molecule has 0 atom stereocenters. The average Bonchev–Trinajstić information content (AvgIpc) is 2.60. The van der Waals surface area contributed by atoms with Crippen LogP contribution in [0.5, 0.6) is 11.5 Å². The van der Waals surface area contributed by atoms with E-state index < -0.39 is 0 Å². The van der Waals surface area contributed by atoms with E-state index in [0.717, 1.165) is 22.1 Å². The minimum atomic E-state index is -0.0652. The van der Waals surface area contributed by atoms with E-state index in [4.69, 9.17) is 9.47 Å². The molecule has 0 aliphatic heterocycles. The zero-order chi connectivity index (χ0) is 17.4. The first-order chi connectivity index (χ1) is 11.6. The van der Waals surface area contributed by atoms with Crippen LogP contribution in [0.15, 0.2) is 46.9 Å². The Morgan fingerprint density at radius 1 is 1.04 bits per heavy atom. The molecule has 0 bridgehead atoms. The number of carbonyl (C=O) groups excluding carboxylic acids is 1. The third-order valence-electron chi connectivity index (χ3n) is 3.45. The molecule has 6 heteroatoms. The highest BCUT2D eigenvalue weighted by atomic mass is 79.9. The maximum absolute atomic E-state index is 11.9. The van der Waals surface area contributed by atoms with Gasteiger partial charge >= 0.3 is 0 Å². The summed E-state index contributed by atoms with van der Waals surface area (Å²) in [5, 5.41) is 5.98. The molecular weight excluding hydrogens is 372 g/mol. The van der Waals surface area contributed by atoms with Crippen molar-refractivity contribution in [1.29, 1.82) is 0 Å². The second-order valence-electron chi connectivity index (χ2n) is 5.17. The summed E-state index contributed by atoms with van der Waals surface area (Å²) in [5.41, 5.74) is 1.90. The Morgan fingerprint density at radius 3 is 2.42 bits per heavy atom. The van der Waals surface area contributed by atoms with E-state index in [2.05, 4.69) is 26.6 Å². The Bertz CT molecular complexity index is 674. The second kappa shape index (κ2) is 9.30. The van der Waals surface area contributed by atoms with Gasteiger partial charge in [-0.25, -0.2) is 0 Å². The van der Waals surface area contributed by atoms with Gasteiger partial charge in [0.1, 0.15) is 0 Å². The number of ether oxygens (including phenoxy) is 2.